The highest BCUT2D eigenvalue weighted by Crippen LogP contribution is 2.30. The van der Waals surface area contributed by atoms with Crippen LogP contribution in [0.4, 0.5) is 5.69 Å². The minimum Gasteiger partial charge on any atom is -0.488 e. The van der Waals surface area contributed by atoms with E-state index in [-0.39, 0.29) is 17.9 Å². The van der Waals surface area contributed by atoms with E-state index >= 15 is 0 Å². The Kier molecular flexibility index (Phi) is 5.00. The van der Waals surface area contributed by atoms with Gasteiger partial charge in [0.25, 0.3) is 11.2 Å². The Bertz CT molecular complexity index is 1860. The van der Waals surface area contributed by atoms with Crippen molar-refractivity contribution >= 4 is 49.9 Å². The molecular formula is C27H17N3O4S. The zero-order chi connectivity index (χ0) is 23.9. The minimum absolute atomic E-state index is 0.0340. The molecule has 0 bridgehead atoms. The zero-order valence-corrected chi connectivity index (χ0v) is 19.1. The van der Waals surface area contributed by atoms with Crippen LogP contribution in [0.3, 0.4) is 0 Å². The first-order valence-electron chi connectivity index (χ1n) is 10.9. The van der Waals surface area contributed by atoms with Gasteiger partial charge in [-0.25, -0.2) is 9.38 Å². The molecule has 0 amide bonds. The summed E-state index contributed by atoms with van der Waals surface area (Å²) in [4.78, 5) is 29.1. The molecule has 2 heterocycles. The van der Waals surface area contributed by atoms with Crippen molar-refractivity contribution in [2.75, 3.05) is 0 Å². The monoisotopic (exact) mass is 479 g/mol. The summed E-state index contributed by atoms with van der Waals surface area (Å²) < 4.78 is 8.36. The number of hydrogen-bond donors (Lipinski definition) is 0. The van der Waals surface area contributed by atoms with E-state index in [9.17, 15) is 14.9 Å². The summed E-state index contributed by atoms with van der Waals surface area (Å²) >= 11 is 1.34. The summed E-state index contributed by atoms with van der Waals surface area (Å²) in [6.07, 6.45) is 1.87. The van der Waals surface area contributed by atoms with Crippen molar-refractivity contribution in [3.8, 4) is 5.75 Å². The van der Waals surface area contributed by atoms with Crippen molar-refractivity contribution in [3.05, 3.63) is 121 Å². The van der Waals surface area contributed by atoms with E-state index in [0.29, 0.717) is 15.2 Å². The third kappa shape index (κ3) is 3.70. The quantitative estimate of drug-likeness (QED) is 0.254. The Labute approximate surface area is 202 Å². The lowest BCUT2D eigenvalue weighted by molar-refractivity contribution is -0.384. The van der Waals surface area contributed by atoms with E-state index in [1.165, 1.54) is 23.5 Å². The topological polar surface area (TPSA) is 86.7 Å². The van der Waals surface area contributed by atoms with Crippen LogP contribution in [0.15, 0.2) is 89.7 Å². The molecule has 6 aromatic rings. The molecule has 0 aliphatic carbocycles. The van der Waals surface area contributed by atoms with Crippen LogP contribution in [0.25, 0.3) is 32.8 Å². The van der Waals surface area contributed by atoms with Crippen LogP contribution in [0.5, 0.6) is 5.75 Å². The first kappa shape index (κ1) is 21.0. The number of nitro benzene ring substituents is 1. The highest BCUT2D eigenvalue weighted by atomic mass is 32.1. The molecule has 6 rings (SSSR count). The molecule has 0 spiro atoms. The molecule has 0 aliphatic rings. The normalized spacial score (nSPS) is 12.1. The van der Waals surface area contributed by atoms with Gasteiger partial charge in [0, 0.05) is 17.7 Å². The highest BCUT2D eigenvalue weighted by Gasteiger charge is 2.13. The highest BCUT2D eigenvalue weighted by molar-refractivity contribution is 7.15. The van der Waals surface area contributed by atoms with Gasteiger partial charge in [-0.2, -0.15) is 0 Å². The Morgan fingerprint density at radius 3 is 2.57 bits per heavy atom. The molecule has 8 heteroatoms. The van der Waals surface area contributed by atoms with Crippen LogP contribution in [0, 0.1) is 10.1 Å². The van der Waals surface area contributed by atoms with Crippen molar-refractivity contribution in [1.29, 1.82) is 0 Å². The predicted molar refractivity (Wildman–Crippen MR) is 137 cm³/mol. The molecule has 0 saturated heterocycles. The largest absolute Gasteiger partial charge is 0.488 e. The van der Waals surface area contributed by atoms with E-state index in [0.717, 1.165) is 32.9 Å². The Morgan fingerprint density at radius 1 is 0.971 bits per heavy atom. The number of thiazole rings is 1. The van der Waals surface area contributed by atoms with Gasteiger partial charge in [-0.1, -0.05) is 53.8 Å². The number of ether oxygens (including phenoxy) is 1. The van der Waals surface area contributed by atoms with E-state index in [1.807, 2.05) is 66.7 Å². The van der Waals surface area contributed by atoms with Gasteiger partial charge in [-0.15, -0.1) is 0 Å². The maximum Gasteiger partial charge on any atom is 0.274 e. The molecule has 0 unspecified atom stereocenters. The number of hydrogen-bond acceptors (Lipinski definition) is 6. The first-order chi connectivity index (χ1) is 17.1. The van der Waals surface area contributed by atoms with Gasteiger partial charge in [-0.05, 0) is 52.7 Å². The maximum atomic E-state index is 13.3. The number of imidazole rings is 1. The summed E-state index contributed by atoms with van der Waals surface area (Å²) in [6.45, 7) is 0.236. The molecule has 0 radical (unpaired) electrons. The van der Waals surface area contributed by atoms with Gasteiger partial charge in [0.05, 0.1) is 20.5 Å². The number of para-hydroxylation sites is 2. The molecule has 0 aliphatic heterocycles. The number of fused-ring (bicyclic) bond motifs is 4. The molecule has 0 fully saturated rings. The lowest BCUT2D eigenvalue weighted by Crippen LogP contribution is -2.22. The van der Waals surface area contributed by atoms with Crippen molar-refractivity contribution in [1.82, 2.24) is 9.38 Å². The molecule has 35 heavy (non-hydrogen) atoms. The predicted octanol–water partition coefficient (Wildman–Crippen LogP) is 5.10. The molecule has 0 saturated carbocycles. The van der Waals surface area contributed by atoms with Crippen molar-refractivity contribution < 1.29 is 9.66 Å². The number of nitro groups is 1. The Hall–Kier alpha value is -4.56. The zero-order valence-electron chi connectivity index (χ0n) is 18.3. The van der Waals surface area contributed by atoms with Crippen molar-refractivity contribution in [2.45, 2.75) is 6.61 Å². The molecule has 170 valence electrons. The number of benzene rings is 4. The molecular weight excluding hydrogens is 462 g/mol. The first-order valence-corrected chi connectivity index (χ1v) is 11.7. The van der Waals surface area contributed by atoms with Crippen LogP contribution in [-0.2, 0) is 6.61 Å². The SMILES string of the molecule is O=c1/c(=C/c2c(OCc3ccc([N+](=O)[O-])cc3)ccc3ccccc23)sc2nc3ccccc3n12. The lowest BCUT2D eigenvalue weighted by Gasteiger charge is -2.12. The lowest BCUT2D eigenvalue weighted by atomic mass is 10.0. The van der Waals surface area contributed by atoms with Crippen LogP contribution in [0.1, 0.15) is 11.1 Å². The number of non-ortho nitro benzene ring substituents is 1. The fourth-order valence-corrected chi connectivity index (χ4v) is 5.14. The molecule has 0 atom stereocenters. The minimum atomic E-state index is -0.428. The second kappa shape index (κ2) is 8.34. The van der Waals surface area contributed by atoms with Crippen LogP contribution >= 0.6 is 11.3 Å². The summed E-state index contributed by atoms with van der Waals surface area (Å²) in [6, 6.07) is 25.7. The standard InChI is InChI=1S/C27H17N3O4S/c31-26-25(35-27-28-22-7-3-4-8-23(22)29(26)27)15-21-20-6-2-1-5-18(20)11-14-24(21)34-16-17-9-12-19(13-10-17)30(32)33/h1-15H,16H2/b25-15-. The summed E-state index contributed by atoms with van der Waals surface area (Å²) in [5.74, 6) is 0.623. The van der Waals surface area contributed by atoms with Gasteiger partial charge in [0.15, 0.2) is 4.96 Å². The smallest absolute Gasteiger partial charge is 0.274 e. The average molecular weight is 480 g/mol. The third-order valence-electron chi connectivity index (χ3n) is 5.89. The Morgan fingerprint density at radius 2 is 1.74 bits per heavy atom. The van der Waals surface area contributed by atoms with E-state index in [2.05, 4.69) is 4.98 Å². The number of aromatic nitrogens is 2. The molecule has 0 N–H and O–H groups in total. The summed E-state index contributed by atoms with van der Waals surface area (Å²) in [5.41, 5.74) is 3.10. The van der Waals surface area contributed by atoms with Gasteiger partial charge in [0.1, 0.15) is 12.4 Å². The Balaban J connectivity index is 1.46. The van der Waals surface area contributed by atoms with E-state index < -0.39 is 4.92 Å². The van der Waals surface area contributed by atoms with E-state index in [4.69, 9.17) is 4.74 Å². The molecule has 2 aromatic heterocycles. The molecule has 4 aromatic carbocycles. The fourth-order valence-electron chi connectivity index (χ4n) is 4.17. The fraction of sp³-hybridized carbons (Fsp3) is 0.0370. The average Bonchev–Trinajstić information content (AvgIpc) is 3.39. The van der Waals surface area contributed by atoms with Gasteiger partial charge >= 0.3 is 0 Å². The van der Waals surface area contributed by atoms with Gasteiger partial charge in [0.2, 0.25) is 0 Å². The van der Waals surface area contributed by atoms with Crippen LogP contribution in [0.2, 0.25) is 0 Å². The third-order valence-corrected chi connectivity index (χ3v) is 6.86. The van der Waals surface area contributed by atoms with Crippen LogP contribution in [-0.4, -0.2) is 14.3 Å². The molecule has 7 nitrogen and oxygen atoms in total. The summed E-state index contributed by atoms with van der Waals surface area (Å²) in [5, 5.41) is 12.9. The van der Waals surface area contributed by atoms with Crippen LogP contribution < -0.4 is 14.8 Å². The second-order valence-electron chi connectivity index (χ2n) is 8.05. The van der Waals surface area contributed by atoms with Crippen molar-refractivity contribution in [3.63, 3.8) is 0 Å². The summed E-state index contributed by atoms with van der Waals surface area (Å²) in [7, 11) is 0. The maximum absolute atomic E-state index is 13.3. The number of rotatable bonds is 5. The second-order valence-corrected chi connectivity index (χ2v) is 9.05. The van der Waals surface area contributed by atoms with Gasteiger partial charge < -0.3 is 4.74 Å². The van der Waals surface area contributed by atoms with Gasteiger partial charge in [-0.3, -0.25) is 14.9 Å². The number of nitrogens with zero attached hydrogens (tertiary/aromatic N) is 3. The van der Waals surface area contributed by atoms with E-state index in [1.54, 1.807) is 16.5 Å². The van der Waals surface area contributed by atoms with Crippen molar-refractivity contribution in [2.24, 2.45) is 0 Å².